The molecule has 0 atom stereocenters. The van der Waals surface area contributed by atoms with Crippen LogP contribution in [0.25, 0.3) is 0 Å². The molecule has 10 heavy (non-hydrogen) atoms. The second-order valence-corrected chi connectivity index (χ2v) is 3.64. The summed E-state index contributed by atoms with van der Waals surface area (Å²) in [5.74, 6) is 0. The third-order valence-corrected chi connectivity index (χ3v) is 3.06. The first kappa shape index (κ1) is 7.83. The zero-order valence-electron chi connectivity index (χ0n) is 6.11. The van der Waals surface area contributed by atoms with Crippen LogP contribution in [-0.4, -0.2) is 8.83 Å². The van der Waals surface area contributed by atoms with Gasteiger partial charge in [-0.15, -0.1) is 0 Å². The number of hydrogen-bond acceptors (Lipinski definition) is 0. The predicted octanol–water partition coefficient (Wildman–Crippen LogP) is 1.79. The molecule has 1 aromatic rings. The van der Waals surface area contributed by atoms with E-state index in [-0.39, 0.29) is 0 Å². The Kier molecular flexibility index (Phi) is 2.52. The van der Waals surface area contributed by atoms with Gasteiger partial charge >= 0.3 is 0 Å². The molecule has 1 aromatic carbocycles. The Morgan fingerprint density at radius 3 is 2.50 bits per heavy atom. The van der Waals surface area contributed by atoms with E-state index >= 15 is 0 Å². The molecule has 0 fully saturated rings. The second-order valence-electron chi connectivity index (χ2n) is 2.34. The molecule has 0 amide bonds. The highest BCUT2D eigenvalue weighted by molar-refractivity contribution is 7.01. The van der Waals surface area contributed by atoms with Gasteiger partial charge in [-0.3, -0.25) is 0 Å². The van der Waals surface area contributed by atoms with Gasteiger partial charge in [0.1, 0.15) is 0 Å². The summed E-state index contributed by atoms with van der Waals surface area (Å²) < 4.78 is 0. The highest BCUT2D eigenvalue weighted by Gasteiger charge is 1.98. The maximum Gasteiger partial charge on any atom is 0.210 e. The van der Waals surface area contributed by atoms with E-state index in [0.29, 0.717) is 8.83 Å². The normalized spacial score (nSPS) is 9.90. The average Bonchev–Trinajstić information content (AvgIpc) is 1.95. The van der Waals surface area contributed by atoms with Gasteiger partial charge in [-0.05, 0) is 30.2 Å². The van der Waals surface area contributed by atoms with Gasteiger partial charge in [-0.2, -0.15) is 11.1 Å². The van der Waals surface area contributed by atoms with E-state index in [1.54, 1.807) is 0 Å². The van der Waals surface area contributed by atoms with Crippen LogP contribution in [0.3, 0.4) is 0 Å². The Balaban J connectivity index is 3.14. The van der Waals surface area contributed by atoms with Crippen LogP contribution in [0.5, 0.6) is 0 Å². The third-order valence-electron chi connectivity index (χ3n) is 1.71. The lowest BCUT2D eigenvalue weighted by atomic mass is 10.1. The van der Waals surface area contributed by atoms with Crippen LogP contribution in [0.1, 0.15) is 11.1 Å². The summed E-state index contributed by atoms with van der Waals surface area (Å²) in [6.07, 6.45) is 0. The molecule has 0 aliphatic rings. The molecule has 2 heteroatoms. The second kappa shape index (κ2) is 3.22. The quantitative estimate of drug-likeness (QED) is 0.443. The average molecular weight is 169 g/mol. The molecule has 0 spiro atoms. The molecule has 2 radical (unpaired) electrons. The van der Waals surface area contributed by atoms with Gasteiger partial charge in [0.25, 0.3) is 0 Å². The lowest BCUT2D eigenvalue weighted by molar-refractivity contribution is 1.37. The molecule has 0 saturated carbocycles. The summed E-state index contributed by atoms with van der Waals surface area (Å²) in [6.45, 7) is 4.22. The van der Waals surface area contributed by atoms with E-state index in [1.165, 1.54) is 16.3 Å². The topological polar surface area (TPSA) is 0 Å². The number of rotatable bonds is 1. The molecule has 0 unspecified atom stereocenters. The number of benzene rings is 1. The largest absolute Gasteiger partial charge is 0.210 e. The first-order chi connectivity index (χ1) is 4.75. The van der Waals surface area contributed by atoms with Crippen molar-refractivity contribution in [1.29, 1.82) is 0 Å². The van der Waals surface area contributed by atoms with Crippen molar-refractivity contribution in [2.45, 2.75) is 13.8 Å². The van der Waals surface area contributed by atoms with Crippen LogP contribution in [0.2, 0.25) is 0 Å². The van der Waals surface area contributed by atoms with Crippen molar-refractivity contribution < 1.29 is 0 Å². The van der Waals surface area contributed by atoms with Gasteiger partial charge in [0.2, 0.25) is 8.83 Å². The van der Waals surface area contributed by atoms with Crippen molar-refractivity contribution in [3.8, 4) is 0 Å². The van der Waals surface area contributed by atoms with E-state index in [1.807, 2.05) is 6.07 Å². The summed E-state index contributed by atoms with van der Waals surface area (Å²) in [5, 5.41) is 1.27. The summed E-state index contributed by atoms with van der Waals surface area (Å²) in [4.78, 5) is 0. The van der Waals surface area contributed by atoms with Crippen LogP contribution in [-0.2, 0) is 0 Å². The van der Waals surface area contributed by atoms with Crippen molar-refractivity contribution in [2.75, 3.05) is 0 Å². The van der Waals surface area contributed by atoms with Crippen molar-refractivity contribution in [3.63, 3.8) is 0 Å². The van der Waals surface area contributed by atoms with Crippen LogP contribution >= 0.6 is 11.1 Å². The zero-order valence-corrected chi connectivity index (χ0v) is 7.87. The Hall–Kier alpha value is -0.273. The Morgan fingerprint density at radius 2 is 2.00 bits per heavy atom. The van der Waals surface area contributed by atoms with Crippen LogP contribution in [0.4, 0.5) is 0 Å². The van der Waals surface area contributed by atoms with E-state index in [0.717, 1.165) is 0 Å². The molecular weight excluding hydrogens is 160 g/mol. The van der Waals surface area contributed by atoms with E-state index in [9.17, 15) is 0 Å². The Labute approximate surface area is 68.7 Å². The summed E-state index contributed by atoms with van der Waals surface area (Å²) in [7, 11) is 0.397. The monoisotopic (exact) mass is 168 g/mol. The molecule has 0 aromatic heterocycles. The van der Waals surface area contributed by atoms with E-state index < -0.39 is 0 Å². The van der Waals surface area contributed by atoms with Crippen molar-refractivity contribution in [3.05, 3.63) is 29.3 Å². The van der Waals surface area contributed by atoms with E-state index in [2.05, 4.69) is 26.0 Å². The fourth-order valence-electron chi connectivity index (χ4n) is 0.853. The number of aryl methyl sites for hydroxylation is 1. The fraction of sp³-hybridized carbons (Fsp3) is 0.250. The molecule has 0 saturated heterocycles. The molecule has 0 heterocycles. The van der Waals surface area contributed by atoms with Crippen LogP contribution in [0.15, 0.2) is 18.2 Å². The van der Waals surface area contributed by atoms with Gasteiger partial charge in [-0.25, -0.2) is 0 Å². The molecule has 1 rings (SSSR count). The minimum atomic E-state index is 0.397. The molecule has 0 bridgehead atoms. The van der Waals surface area contributed by atoms with Crippen LogP contribution < -0.4 is 5.19 Å². The van der Waals surface area contributed by atoms with Crippen molar-refractivity contribution in [1.82, 2.24) is 0 Å². The van der Waals surface area contributed by atoms with Gasteiger partial charge in [0.05, 0.1) is 0 Å². The Morgan fingerprint density at radius 1 is 1.30 bits per heavy atom. The maximum absolute atomic E-state index is 5.73. The Bertz CT molecular complexity index is 233. The van der Waals surface area contributed by atoms with Gasteiger partial charge in [-0.1, -0.05) is 18.2 Å². The smallest absolute Gasteiger partial charge is 0.165 e. The minimum absolute atomic E-state index is 0.397. The fourth-order valence-corrected chi connectivity index (χ4v) is 1.97. The highest BCUT2D eigenvalue weighted by atomic mass is 35.6. The number of hydrogen-bond donors (Lipinski definition) is 0. The first-order valence-corrected chi connectivity index (χ1v) is 5.19. The molecule has 52 valence electrons. The molecule has 0 aliphatic carbocycles. The van der Waals surface area contributed by atoms with Crippen molar-refractivity contribution >= 4 is 25.1 Å². The zero-order chi connectivity index (χ0) is 7.56. The van der Waals surface area contributed by atoms with Gasteiger partial charge < -0.3 is 0 Å². The predicted molar refractivity (Wildman–Crippen MR) is 47.2 cm³/mol. The number of halogens is 1. The SMILES string of the molecule is Cc1cccc([Si]Cl)c1C. The van der Waals surface area contributed by atoms with Gasteiger partial charge in [0.15, 0.2) is 0 Å². The molecular formula is C8H9ClSi. The summed E-state index contributed by atoms with van der Waals surface area (Å²) in [5.41, 5.74) is 2.65. The van der Waals surface area contributed by atoms with Gasteiger partial charge in [0, 0.05) is 0 Å². The van der Waals surface area contributed by atoms with E-state index in [4.69, 9.17) is 11.1 Å². The van der Waals surface area contributed by atoms with Crippen molar-refractivity contribution in [2.24, 2.45) is 0 Å². The highest BCUT2D eigenvalue weighted by Crippen LogP contribution is 2.01. The standard InChI is InChI=1S/C8H9ClSi/c1-6-4-3-5-8(10-9)7(6)2/h3-5H,1-2H3. The molecule has 0 aliphatic heterocycles. The lowest BCUT2D eigenvalue weighted by Crippen LogP contribution is -2.13. The maximum atomic E-state index is 5.73. The molecule has 0 nitrogen and oxygen atoms in total. The summed E-state index contributed by atoms with van der Waals surface area (Å²) >= 11 is 5.73. The first-order valence-electron chi connectivity index (χ1n) is 3.18. The lowest BCUT2D eigenvalue weighted by Gasteiger charge is -2.02. The summed E-state index contributed by atoms with van der Waals surface area (Å²) in [6, 6.07) is 6.23. The van der Waals surface area contributed by atoms with Crippen LogP contribution in [0, 0.1) is 13.8 Å². The minimum Gasteiger partial charge on any atom is -0.165 e. The third kappa shape index (κ3) is 1.41. The molecule has 0 N–H and O–H groups in total.